The topological polar surface area (TPSA) is 229 Å². The second-order valence-corrected chi connectivity index (χ2v) is 16.2. The van der Waals surface area contributed by atoms with Crippen molar-refractivity contribution in [2.45, 2.75) is 198 Å². The molecule has 56 heavy (non-hydrogen) atoms. The molecule has 7 N–H and O–H groups in total. The van der Waals surface area contributed by atoms with Crippen LogP contribution in [0.4, 0.5) is 5.82 Å². The van der Waals surface area contributed by atoms with Crippen LogP contribution in [0.25, 0.3) is 0 Å². The maximum Gasteiger partial charge on any atom is 0.306 e. The van der Waals surface area contributed by atoms with Crippen LogP contribution in [0.3, 0.4) is 0 Å². The number of hydrogen-bond donors (Lipinski definition) is 6. The normalized spacial score (nSPS) is 20.7. The van der Waals surface area contributed by atoms with Crippen LogP contribution >= 0.6 is 11.8 Å². The van der Waals surface area contributed by atoms with Gasteiger partial charge in [0, 0.05) is 24.3 Å². The van der Waals surface area contributed by atoms with Crippen LogP contribution in [0.1, 0.15) is 161 Å². The molecule has 1 saturated heterocycles. The minimum atomic E-state index is -1.60. The lowest BCUT2D eigenvalue weighted by Gasteiger charge is -2.39. The summed E-state index contributed by atoms with van der Waals surface area (Å²) >= 11 is 1.29. The predicted molar refractivity (Wildman–Crippen MR) is 217 cm³/mol. The number of hydrogen-bond acceptors (Lipinski definition) is 14. The molecule has 1 fully saturated rings. The zero-order valence-corrected chi connectivity index (χ0v) is 34.9. The van der Waals surface area contributed by atoms with E-state index in [-0.39, 0.29) is 42.3 Å². The van der Waals surface area contributed by atoms with E-state index in [1.54, 1.807) is 0 Å². The molecule has 0 radical (unpaired) electrons. The minimum Gasteiger partial charge on any atom is -0.462 e. The number of thioether (sulfide) groups is 1. The lowest BCUT2D eigenvalue weighted by molar-refractivity contribution is -0.254. The maximum absolute atomic E-state index is 12.9. The highest BCUT2D eigenvalue weighted by Crippen LogP contribution is 2.28. The summed E-state index contributed by atoms with van der Waals surface area (Å²) in [6, 6.07) is -0.987. The Labute approximate surface area is 338 Å². The van der Waals surface area contributed by atoms with Gasteiger partial charge in [-0.1, -0.05) is 135 Å². The van der Waals surface area contributed by atoms with Crippen LogP contribution < -0.4 is 11.1 Å². The fourth-order valence-corrected chi connectivity index (χ4v) is 7.48. The van der Waals surface area contributed by atoms with Gasteiger partial charge in [-0.05, 0) is 12.8 Å². The van der Waals surface area contributed by atoms with Crippen LogP contribution in [0, 0.1) is 0 Å². The summed E-state index contributed by atoms with van der Waals surface area (Å²) in [6.07, 6.45) is 17.3. The number of nitrogens with zero attached hydrogens (tertiary/aromatic N) is 3. The van der Waals surface area contributed by atoms with E-state index in [9.17, 15) is 34.8 Å². The molecular formula is C40H73N5O10S. The van der Waals surface area contributed by atoms with E-state index < -0.39 is 55.3 Å². The van der Waals surface area contributed by atoms with E-state index in [2.05, 4.69) is 29.5 Å². The first-order chi connectivity index (χ1) is 27.1. The predicted octanol–water partition coefficient (Wildman–Crippen LogP) is 5.33. The number of unbranched alkanes of at least 4 members (excludes halogenated alkanes) is 18. The summed E-state index contributed by atoms with van der Waals surface area (Å²) in [7, 11) is 0. The monoisotopic (exact) mass is 816 g/mol. The number of nitrogens with two attached hydrogens (primary N) is 1. The third-order valence-corrected chi connectivity index (χ3v) is 11.2. The first kappa shape index (κ1) is 49.8. The van der Waals surface area contributed by atoms with Gasteiger partial charge in [0.05, 0.1) is 18.8 Å². The lowest BCUT2D eigenvalue weighted by Crippen LogP contribution is -2.56. The molecule has 1 aliphatic heterocycles. The Morgan fingerprint density at radius 3 is 1.84 bits per heavy atom. The number of aromatic nitrogens is 3. The summed E-state index contributed by atoms with van der Waals surface area (Å²) in [5, 5.41) is 50.1. The minimum absolute atomic E-state index is 0.000474. The molecule has 0 saturated carbocycles. The number of carbonyl (C=O) groups is 3. The van der Waals surface area contributed by atoms with Gasteiger partial charge in [-0.15, -0.1) is 5.10 Å². The average Bonchev–Trinajstić information content (AvgIpc) is 3.65. The van der Waals surface area contributed by atoms with Gasteiger partial charge >= 0.3 is 11.9 Å². The van der Waals surface area contributed by atoms with Crippen LogP contribution in [-0.2, 0) is 28.6 Å². The molecule has 15 nitrogen and oxygen atoms in total. The second kappa shape index (κ2) is 30.7. The highest BCUT2D eigenvalue weighted by atomic mass is 32.2. The smallest absolute Gasteiger partial charge is 0.306 e. The highest BCUT2D eigenvalue weighted by Gasteiger charge is 2.44. The van der Waals surface area contributed by atoms with E-state index in [0.717, 1.165) is 43.2 Å². The molecule has 2 rings (SSSR count). The Morgan fingerprint density at radius 2 is 1.30 bits per heavy atom. The molecule has 2 heterocycles. The molecule has 1 aliphatic rings. The Balaban J connectivity index is 1.79. The van der Waals surface area contributed by atoms with Crippen LogP contribution in [0.15, 0.2) is 6.20 Å². The van der Waals surface area contributed by atoms with E-state index >= 15 is 0 Å². The Hall–Kier alpha value is -2.34. The number of carbonyl (C=O) groups excluding carboxylic acids is 3. The van der Waals surface area contributed by atoms with Crippen molar-refractivity contribution in [2.75, 3.05) is 30.0 Å². The van der Waals surface area contributed by atoms with Crippen LogP contribution in [-0.4, -0.2) is 115 Å². The summed E-state index contributed by atoms with van der Waals surface area (Å²) in [6.45, 7) is 3.76. The fraction of sp³-hybridized carbons (Fsp3) is 0.875. The molecular weight excluding hydrogens is 743 g/mol. The molecule has 1 aromatic rings. The third kappa shape index (κ3) is 20.9. The largest absolute Gasteiger partial charge is 0.462 e. The standard InChI is InChI=1S/C40H73N5O10S/c1-3-5-7-9-11-13-15-17-19-21-23-34(47)53-27-30(54-35(48)24-22-20-18-16-14-12-10-8-6-4-2)28-56-29-31(41)39(52)42-33-25-45(44-43-33)40-38(51)37(50)36(49)32(26-46)55-40/h25,30-32,36-38,40,46,49-51H,3-24,26-29,41H2,1-2H3,(H,42,52)/t30-,31-,32?,36?,37?,38?,40-/m1/s1. The molecule has 0 bridgehead atoms. The Bertz CT molecular complexity index is 1190. The number of nitrogens with one attached hydrogen (secondary N) is 1. The average molecular weight is 816 g/mol. The quantitative estimate of drug-likeness (QED) is 0.0390. The molecule has 1 aromatic heterocycles. The number of aliphatic hydroxyl groups excluding tert-OH is 4. The van der Waals surface area contributed by atoms with Gasteiger partial charge in [0.1, 0.15) is 37.1 Å². The van der Waals surface area contributed by atoms with Gasteiger partial charge in [0.2, 0.25) is 5.91 Å². The lowest BCUT2D eigenvalue weighted by atomic mass is 9.98. The number of amides is 1. The highest BCUT2D eigenvalue weighted by molar-refractivity contribution is 7.99. The van der Waals surface area contributed by atoms with E-state index in [1.165, 1.54) is 108 Å². The summed E-state index contributed by atoms with van der Waals surface area (Å²) in [4.78, 5) is 38.2. The van der Waals surface area contributed by atoms with Crippen molar-refractivity contribution in [1.29, 1.82) is 0 Å². The number of rotatable bonds is 33. The summed E-state index contributed by atoms with van der Waals surface area (Å²) in [5.74, 6) is -0.810. The van der Waals surface area contributed by atoms with E-state index in [4.69, 9.17) is 19.9 Å². The summed E-state index contributed by atoms with van der Waals surface area (Å²) in [5.41, 5.74) is 6.15. The maximum atomic E-state index is 12.9. The van der Waals surface area contributed by atoms with Gasteiger partial charge in [-0.3, -0.25) is 14.4 Å². The van der Waals surface area contributed by atoms with Crippen molar-refractivity contribution < 1.29 is 49.0 Å². The molecule has 0 spiro atoms. The first-order valence-electron chi connectivity index (χ1n) is 21.3. The third-order valence-electron chi connectivity index (χ3n) is 10.0. The first-order valence-corrected chi connectivity index (χ1v) is 22.5. The van der Waals surface area contributed by atoms with Crippen molar-refractivity contribution in [3.63, 3.8) is 0 Å². The number of aliphatic hydroxyl groups is 4. The Kier molecular flexibility index (Phi) is 27.3. The van der Waals surface area contributed by atoms with Gasteiger partial charge in [0.25, 0.3) is 0 Å². The van der Waals surface area contributed by atoms with Gasteiger partial charge in [0.15, 0.2) is 12.0 Å². The zero-order valence-electron chi connectivity index (χ0n) is 34.1. The van der Waals surface area contributed by atoms with Crippen molar-refractivity contribution in [3.05, 3.63) is 6.20 Å². The zero-order chi connectivity index (χ0) is 41.0. The van der Waals surface area contributed by atoms with E-state index in [1.807, 2.05) is 0 Å². The SMILES string of the molecule is CCCCCCCCCCCCC(=O)OC[C@H](CSC[C@@H](N)C(=O)Nc1cn([C@@H]2OC(CO)C(O)C(O)C2O)nn1)OC(=O)CCCCCCCCCCCC. The number of anilines is 1. The molecule has 324 valence electrons. The molecule has 4 unspecified atom stereocenters. The van der Waals surface area contributed by atoms with Crippen molar-refractivity contribution >= 4 is 35.4 Å². The molecule has 0 aromatic carbocycles. The molecule has 7 atom stereocenters. The fourth-order valence-electron chi connectivity index (χ4n) is 6.51. The van der Waals surface area contributed by atoms with Crippen molar-refractivity contribution in [1.82, 2.24) is 15.0 Å². The molecule has 1 amide bonds. The van der Waals surface area contributed by atoms with E-state index in [0.29, 0.717) is 6.42 Å². The van der Waals surface area contributed by atoms with Crippen LogP contribution in [0.5, 0.6) is 0 Å². The van der Waals surface area contributed by atoms with Crippen molar-refractivity contribution in [2.24, 2.45) is 5.73 Å². The van der Waals surface area contributed by atoms with Gasteiger partial charge in [-0.25, -0.2) is 4.68 Å². The summed E-state index contributed by atoms with van der Waals surface area (Å²) < 4.78 is 17.8. The van der Waals surface area contributed by atoms with Gasteiger partial charge < -0.3 is 45.7 Å². The second-order valence-electron chi connectivity index (χ2n) is 15.1. The number of ether oxygens (including phenoxy) is 3. The molecule has 16 heteroatoms. The van der Waals surface area contributed by atoms with Gasteiger partial charge in [-0.2, -0.15) is 11.8 Å². The van der Waals surface area contributed by atoms with Crippen LogP contribution in [0.2, 0.25) is 0 Å². The number of esters is 2. The Morgan fingerprint density at radius 1 is 0.786 bits per heavy atom. The van der Waals surface area contributed by atoms with Crippen molar-refractivity contribution in [3.8, 4) is 0 Å². The molecule has 0 aliphatic carbocycles.